The molecule has 2 aromatic rings. The monoisotopic (exact) mass is 442 g/mol. The number of amides is 2. The molecule has 2 atom stereocenters. The first-order valence-electron chi connectivity index (χ1n) is 11.3. The first-order valence-corrected chi connectivity index (χ1v) is 11.7. The number of benzene rings is 2. The van der Waals surface area contributed by atoms with Gasteiger partial charge < -0.3 is 10.2 Å². The smallest absolute Gasteiger partial charge is 0.243 e. The summed E-state index contributed by atoms with van der Waals surface area (Å²) in [6.07, 6.45) is 3.38. The Bertz CT molecular complexity index is 851. The van der Waals surface area contributed by atoms with Crippen LogP contribution >= 0.6 is 11.6 Å². The SMILES string of the molecule is CCc1ccc(CCC(=O)N(Cc2ccccc2Cl)C(CC)C(=O)NC(C)CC)cc1. The second-order valence-electron chi connectivity index (χ2n) is 8.03. The van der Waals surface area contributed by atoms with Gasteiger partial charge in [-0.2, -0.15) is 0 Å². The Morgan fingerprint density at radius 1 is 0.968 bits per heavy atom. The summed E-state index contributed by atoms with van der Waals surface area (Å²) in [4.78, 5) is 28.0. The third-order valence-electron chi connectivity index (χ3n) is 5.74. The minimum absolute atomic E-state index is 0.0364. The van der Waals surface area contributed by atoms with Gasteiger partial charge in [0.05, 0.1) is 0 Å². The first kappa shape index (κ1) is 24.9. The molecule has 0 saturated heterocycles. The molecule has 1 N–H and O–H groups in total. The second kappa shape index (κ2) is 12.5. The highest BCUT2D eigenvalue weighted by molar-refractivity contribution is 6.31. The van der Waals surface area contributed by atoms with Gasteiger partial charge in [0, 0.05) is 24.0 Å². The van der Waals surface area contributed by atoms with E-state index < -0.39 is 6.04 Å². The lowest BCUT2D eigenvalue weighted by Crippen LogP contribution is -2.50. The van der Waals surface area contributed by atoms with Gasteiger partial charge in [-0.25, -0.2) is 0 Å². The van der Waals surface area contributed by atoms with Crippen molar-refractivity contribution in [2.24, 2.45) is 0 Å². The van der Waals surface area contributed by atoms with E-state index in [-0.39, 0.29) is 17.9 Å². The highest BCUT2D eigenvalue weighted by Crippen LogP contribution is 2.21. The molecule has 0 radical (unpaired) electrons. The van der Waals surface area contributed by atoms with Crippen molar-refractivity contribution in [3.63, 3.8) is 0 Å². The van der Waals surface area contributed by atoms with Crippen LogP contribution in [0.3, 0.4) is 0 Å². The van der Waals surface area contributed by atoms with E-state index in [0.29, 0.717) is 30.8 Å². The maximum atomic E-state index is 13.3. The van der Waals surface area contributed by atoms with Crippen LogP contribution in [0.25, 0.3) is 0 Å². The first-order chi connectivity index (χ1) is 14.9. The zero-order valence-corrected chi connectivity index (χ0v) is 19.9. The molecule has 168 valence electrons. The minimum Gasteiger partial charge on any atom is -0.352 e. The molecule has 0 heterocycles. The van der Waals surface area contributed by atoms with Crippen LogP contribution < -0.4 is 5.32 Å². The van der Waals surface area contributed by atoms with E-state index in [1.54, 1.807) is 4.90 Å². The normalized spacial score (nSPS) is 12.8. The molecule has 0 aromatic heterocycles. The second-order valence-corrected chi connectivity index (χ2v) is 8.43. The fourth-order valence-corrected chi connectivity index (χ4v) is 3.70. The average Bonchev–Trinajstić information content (AvgIpc) is 2.78. The molecule has 2 unspecified atom stereocenters. The van der Waals surface area contributed by atoms with Gasteiger partial charge in [-0.05, 0) is 55.4 Å². The molecule has 31 heavy (non-hydrogen) atoms. The third-order valence-corrected chi connectivity index (χ3v) is 6.11. The number of carbonyl (C=O) groups excluding carboxylic acids is 2. The number of rotatable bonds is 11. The van der Waals surface area contributed by atoms with Gasteiger partial charge in [0.1, 0.15) is 6.04 Å². The molecular weight excluding hydrogens is 408 g/mol. The third kappa shape index (κ3) is 7.39. The van der Waals surface area contributed by atoms with Crippen LogP contribution in [0.15, 0.2) is 48.5 Å². The summed E-state index contributed by atoms with van der Waals surface area (Å²) in [7, 11) is 0. The maximum absolute atomic E-state index is 13.3. The lowest BCUT2D eigenvalue weighted by atomic mass is 10.0. The van der Waals surface area contributed by atoms with Crippen molar-refractivity contribution >= 4 is 23.4 Å². The van der Waals surface area contributed by atoms with Crippen molar-refractivity contribution in [2.45, 2.75) is 78.4 Å². The lowest BCUT2D eigenvalue weighted by molar-refractivity contribution is -0.141. The fourth-order valence-electron chi connectivity index (χ4n) is 3.51. The Labute approximate surface area is 192 Å². The Morgan fingerprint density at radius 3 is 2.19 bits per heavy atom. The fraction of sp³-hybridized carbons (Fsp3) is 0.462. The highest BCUT2D eigenvalue weighted by atomic mass is 35.5. The summed E-state index contributed by atoms with van der Waals surface area (Å²) in [6, 6.07) is 15.4. The summed E-state index contributed by atoms with van der Waals surface area (Å²) in [6.45, 7) is 8.39. The van der Waals surface area contributed by atoms with E-state index in [1.165, 1.54) is 5.56 Å². The lowest BCUT2D eigenvalue weighted by Gasteiger charge is -2.31. The number of nitrogens with zero attached hydrogens (tertiary/aromatic N) is 1. The molecule has 0 aliphatic heterocycles. The van der Waals surface area contributed by atoms with E-state index in [2.05, 4.69) is 36.5 Å². The molecule has 0 fully saturated rings. The molecule has 0 spiro atoms. The Morgan fingerprint density at radius 2 is 1.61 bits per heavy atom. The van der Waals surface area contributed by atoms with E-state index >= 15 is 0 Å². The van der Waals surface area contributed by atoms with Crippen LogP contribution in [0, 0.1) is 0 Å². The topological polar surface area (TPSA) is 49.4 Å². The minimum atomic E-state index is -0.528. The highest BCUT2D eigenvalue weighted by Gasteiger charge is 2.29. The van der Waals surface area contributed by atoms with Crippen LogP contribution in [0.2, 0.25) is 5.02 Å². The van der Waals surface area contributed by atoms with Crippen molar-refractivity contribution < 1.29 is 9.59 Å². The largest absolute Gasteiger partial charge is 0.352 e. The van der Waals surface area contributed by atoms with Gasteiger partial charge >= 0.3 is 0 Å². The molecule has 4 nitrogen and oxygen atoms in total. The molecule has 0 aliphatic carbocycles. The van der Waals surface area contributed by atoms with Crippen LogP contribution in [0.4, 0.5) is 0 Å². The zero-order valence-electron chi connectivity index (χ0n) is 19.2. The van der Waals surface area contributed by atoms with Crippen molar-refractivity contribution in [3.05, 3.63) is 70.2 Å². The average molecular weight is 443 g/mol. The maximum Gasteiger partial charge on any atom is 0.243 e. The van der Waals surface area contributed by atoms with E-state index in [0.717, 1.165) is 24.0 Å². The van der Waals surface area contributed by atoms with E-state index in [4.69, 9.17) is 11.6 Å². The summed E-state index contributed by atoms with van der Waals surface area (Å²) >= 11 is 6.37. The van der Waals surface area contributed by atoms with Gasteiger partial charge in [-0.1, -0.05) is 74.8 Å². The van der Waals surface area contributed by atoms with Crippen LogP contribution in [-0.2, 0) is 29.0 Å². The number of nitrogens with one attached hydrogen (secondary N) is 1. The zero-order chi connectivity index (χ0) is 22.8. The molecule has 5 heteroatoms. The van der Waals surface area contributed by atoms with Crippen LogP contribution in [-0.4, -0.2) is 28.8 Å². The predicted molar refractivity (Wildman–Crippen MR) is 128 cm³/mol. The van der Waals surface area contributed by atoms with Crippen molar-refractivity contribution in [3.8, 4) is 0 Å². The summed E-state index contributed by atoms with van der Waals surface area (Å²) in [5.41, 5.74) is 3.25. The molecule has 0 aliphatic rings. The molecule has 0 saturated carbocycles. The summed E-state index contributed by atoms with van der Waals surface area (Å²) in [5, 5.41) is 3.64. The Balaban J connectivity index is 2.20. The number of aryl methyl sites for hydroxylation is 2. The van der Waals surface area contributed by atoms with Crippen molar-refractivity contribution in [1.82, 2.24) is 10.2 Å². The van der Waals surface area contributed by atoms with Gasteiger partial charge in [-0.15, -0.1) is 0 Å². The van der Waals surface area contributed by atoms with E-state index in [9.17, 15) is 9.59 Å². The van der Waals surface area contributed by atoms with Crippen LogP contribution in [0.5, 0.6) is 0 Å². The van der Waals surface area contributed by atoms with Crippen molar-refractivity contribution in [2.75, 3.05) is 0 Å². The van der Waals surface area contributed by atoms with Crippen LogP contribution in [0.1, 0.15) is 63.6 Å². The molecule has 2 rings (SSSR count). The van der Waals surface area contributed by atoms with Gasteiger partial charge in [0.15, 0.2) is 0 Å². The number of carbonyl (C=O) groups is 2. The Kier molecular flexibility index (Phi) is 10.1. The molecule has 2 aromatic carbocycles. The van der Waals surface area contributed by atoms with Gasteiger partial charge in [0.25, 0.3) is 0 Å². The molecular formula is C26H35ClN2O2. The number of halogens is 1. The molecule has 2 amide bonds. The molecule has 0 bridgehead atoms. The quantitative estimate of drug-likeness (QED) is 0.495. The van der Waals surface area contributed by atoms with Gasteiger partial charge in [-0.3, -0.25) is 9.59 Å². The summed E-state index contributed by atoms with van der Waals surface area (Å²) < 4.78 is 0. The van der Waals surface area contributed by atoms with E-state index in [1.807, 2.05) is 45.0 Å². The van der Waals surface area contributed by atoms with Gasteiger partial charge in [0.2, 0.25) is 11.8 Å². The predicted octanol–water partition coefficient (Wildman–Crippen LogP) is 5.56. The number of hydrogen-bond donors (Lipinski definition) is 1. The number of hydrogen-bond acceptors (Lipinski definition) is 2. The Hall–Kier alpha value is -2.33. The standard InChI is InChI=1S/C26H35ClN2O2/c1-5-19(4)28-26(31)24(7-3)29(18-22-10-8-9-11-23(22)27)25(30)17-16-21-14-12-20(6-2)13-15-21/h8-15,19,24H,5-7,16-18H2,1-4H3,(H,28,31). The van der Waals surface area contributed by atoms with Crippen molar-refractivity contribution in [1.29, 1.82) is 0 Å². The summed E-state index contributed by atoms with van der Waals surface area (Å²) in [5.74, 6) is -0.143.